The van der Waals surface area contributed by atoms with Crippen molar-refractivity contribution < 1.29 is 4.39 Å². The lowest BCUT2D eigenvalue weighted by Gasteiger charge is -2.14. The number of hydrogen-bond acceptors (Lipinski definition) is 3. The largest absolute Gasteiger partial charge is 0.361 e. The second kappa shape index (κ2) is 5.54. The third-order valence-corrected chi connectivity index (χ3v) is 3.78. The SMILES string of the molecule is Cc1cc(CNC2=NCCCS2)cc(C)c1F. The number of rotatable bonds is 2. The van der Waals surface area contributed by atoms with Crippen molar-refractivity contribution in [2.45, 2.75) is 26.8 Å². The topological polar surface area (TPSA) is 24.4 Å². The Labute approximate surface area is 106 Å². The van der Waals surface area contributed by atoms with Crippen molar-refractivity contribution in [1.82, 2.24) is 5.32 Å². The number of benzene rings is 1. The summed E-state index contributed by atoms with van der Waals surface area (Å²) in [6, 6.07) is 3.78. The van der Waals surface area contributed by atoms with Crippen molar-refractivity contribution in [2.75, 3.05) is 12.3 Å². The van der Waals surface area contributed by atoms with Gasteiger partial charge in [-0.3, -0.25) is 4.99 Å². The molecule has 1 N–H and O–H groups in total. The molecule has 2 rings (SSSR count). The highest BCUT2D eigenvalue weighted by Gasteiger charge is 2.07. The van der Waals surface area contributed by atoms with Crippen LogP contribution in [0.5, 0.6) is 0 Å². The van der Waals surface area contributed by atoms with E-state index in [9.17, 15) is 4.39 Å². The highest BCUT2D eigenvalue weighted by Crippen LogP contribution is 2.15. The van der Waals surface area contributed by atoms with Gasteiger partial charge in [-0.15, -0.1) is 0 Å². The molecule has 92 valence electrons. The van der Waals surface area contributed by atoms with Gasteiger partial charge in [0.15, 0.2) is 5.17 Å². The van der Waals surface area contributed by atoms with Crippen molar-refractivity contribution in [3.05, 3.63) is 34.6 Å². The Bertz CT molecular complexity index is 420. The maximum atomic E-state index is 13.5. The third-order valence-electron chi connectivity index (χ3n) is 2.74. The van der Waals surface area contributed by atoms with E-state index in [1.54, 1.807) is 25.6 Å². The van der Waals surface area contributed by atoms with Crippen LogP contribution in [0.1, 0.15) is 23.1 Å². The highest BCUT2D eigenvalue weighted by molar-refractivity contribution is 8.13. The average molecular weight is 252 g/mol. The van der Waals surface area contributed by atoms with Crippen LogP contribution in [0.15, 0.2) is 17.1 Å². The Morgan fingerprint density at radius 3 is 2.65 bits per heavy atom. The molecule has 0 saturated carbocycles. The molecule has 0 atom stereocenters. The zero-order chi connectivity index (χ0) is 12.3. The van der Waals surface area contributed by atoms with Crippen molar-refractivity contribution in [3.8, 4) is 0 Å². The molecule has 0 bridgehead atoms. The molecule has 0 amide bonds. The van der Waals surface area contributed by atoms with E-state index >= 15 is 0 Å². The maximum absolute atomic E-state index is 13.5. The van der Waals surface area contributed by atoms with Gasteiger partial charge in [0, 0.05) is 18.8 Å². The first-order valence-electron chi connectivity index (χ1n) is 5.83. The minimum atomic E-state index is -0.0990. The Morgan fingerprint density at radius 2 is 2.06 bits per heavy atom. The van der Waals surface area contributed by atoms with Crippen molar-refractivity contribution in [3.63, 3.8) is 0 Å². The highest BCUT2D eigenvalue weighted by atomic mass is 32.2. The summed E-state index contributed by atoms with van der Waals surface area (Å²) in [7, 11) is 0. The molecule has 1 aromatic rings. The lowest BCUT2D eigenvalue weighted by atomic mass is 10.1. The number of aryl methyl sites for hydroxylation is 2. The number of aliphatic imine (C=N–C) groups is 1. The molecule has 0 saturated heterocycles. The molecule has 1 aromatic carbocycles. The standard InChI is InChI=1S/C13H17FN2S/c1-9-6-11(7-10(2)12(9)14)8-16-13-15-4-3-5-17-13/h6-7H,3-5,8H2,1-2H3,(H,15,16). The first-order valence-corrected chi connectivity index (χ1v) is 6.82. The van der Waals surface area contributed by atoms with Crippen LogP contribution in [0.3, 0.4) is 0 Å². The van der Waals surface area contributed by atoms with E-state index < -0.39 is 0 Å². The molecule has 0 radical (unpaired) electrons. The Balaban J connectivity index is 2.01. The fourth-order valence-corrected chi connectivity index (χ4v) is 2.71. The number of nitrogens with one attached hydrogen (secondary N) is 1. The van der Waals surface area contributed by atoms with Gasteiger partial charge in [-0.1, -0.05) is 23.9 Å². The number of halogens is 1. The third kappa shape index (κ3) is 3.22. The van der Waals surface area contributed by atoms with Crippen LogP contribution in [0.25, 0.3) is 0 Å². The fourth-order valence-electron chi connectivity index (χ4n) is 1.88. The van der Waals surface area contributed by atoms with Gasteiger partial charge in [-0.05, 0) is 37.0 Å². The summed E-state index contributed by atoms with van der Waals surface area (Å²) >= 11 is 1.76. The van der Waals surface area contributed by atoms with Gasteiger partial charge in [0.25, 0.3) is 0 Å². The number of hydrogen-bond donors (Lipinski definition) is 1. The predicted octanol–water partition coefficient (Wildman–Crippen LogP) is 3.03. The van der Waals surface area contributed by atoms with Gasteiger partial charge < -0.3 is 5.32 Å². The smallest absolute Gasteiger partial charge is 0.156 e. The zero-order valence-corrected chi connectivity index (χ0v) is 11.0. The van der Waals surface area contributed by atoms with Crippen LogP contribution in [0.4, 0.5) is 4.39 Å². The van der Waals surface area contributed by atoms with E-state index in [0.29, 0.717) is 17.7 Å². The average Bonchev–Trinajstić information content (AvgIpc) is 2.34. The molecule has 0 fully saturated rings. The summed E-state index contributed by atoms with van der Waals surface area (Å²) in [4.78, 5) is 4.40. The molecule has 1 aliphatic rings. The normalized spacial score (nSPS) is 15.6. The van der Waals surface area contributed by atoms with E-state index in [4.69, 9.17) is 0 Å². The lowest BCUT2D eigenvalue weighted by molar-refractivity contribution is 0.608. The molecule has 0 spiro atoms. The van der Waals surface area contributed by atoms with Gasteiger partial charge in [0.05, 0.1) is 0 Å². The first kappa shape index (κ1) is 12.4. The van der Waals surface area contributed by atoms with Crippen LogP contribution in [0.2, 0.25) is 0 Å². The molecule has 1 heterocycles. The molecule has 4 heteroatoms. The summed E-state index contributed by atoms with van der Waals surface area (Å²) in [6.45, 7) is 5.24. The molecule has 2 nitrogen and oxygen atoms in total. The van der Waals surface area contributed by atoms with Gasteiger partial charge in [0.2, 0.25) is 0 Å². The monoisotopic (exact) mass is 252 g/mol. The van der Waals surface area contributed by atoms with Gasteiger partial charge in [-0.2, -0.15) is 0 Å². The predicted molar refractivity (Wildman–Crippen MR) is 72.1 cm³/mol. The van der Waals surface area contributed by atoms with Crippen LogP contribution in [0, 0.1) is 19.7 Å². The lowest BCUT2D eigenvalue weighted by Crippen LogP contribution is -2.23. The number of thioether (sulfide) groups is 1. The van der Waals surface area contributed by atoms with Crippen molar-refractivity contribution in [2.24, 2.45) is 4.99 Å². The van der Waals surface area contributed by atoms with Crippen LogP contribution >= 0.6 is 11.8 Å². The van der Waals surface area contributed by atoms with Gasteiger partial charge in [0.1, 0.15) is 5.82 Å². The summed E-state index contributed by atoms with van der Waals surface area (Å²) in [5, 5.41) is 4.31. The molecule has 0 aliphatic carbocycles. The maximum Gasteiger partial charge on any atom is 0.156 e. The van der Waals surface area contributed by atoms with Crippen molar-refractivity contribution in [1.29, 1.82) is 0 Å². The van der Waals surface area contributed by atoms with Crippen LogP contribution in [-0.2, 0) is 6.54 Å². The molecular formula is C13H17FN2S. The van der Waals surface area contributed by atoms with Gasteiger partial charge in [-0.25, -0.2) is 4.39 Å². The number of nitrogens with zero attached hydrogens (tertiary/aromatic N) is 1. The Kier molecular flexibility index (Phi) is 4.05. The molecular weight excluding hydrogens is 235 g/mol. The summed E-state index contributed by atoms with van der Waals surface area (Å²) in [5.74, 6) is 1.03. The minimum Gasteiger partial charge on any atom is -0.361 e. The molecule has 0 aromatic heterocycles. The van der Waals surface area contributed by atoms with Crippen LogP contribution in [-0.4, -0.2) is 17.5 Å². The Hall–Kier alpha value is -1.03. The first-order chi connectivity index (χ1) is 8.16. The summed E-state index contributed by atoms with van der Waals surface area (Å²) < 4.78 is 13.5. The number of amidine groups is 1. The van der Waals surface area contributed by atoms with E-state index in [2.05, 4.69) is 10.3 Å². The van der Waals surface area contributed by atoms with Crippen LogP contribution < -0.4 is 5.32 Å². The van der Waals surface area contributed by atoms with E-state index in [1.165, 1.54) is 0 Å². The van der Waals surface area contributed by atoms with Crippen molar-refractivity contribution >= 4 is 16.9 Å². The molecule has 17 heavy (non-hydrogen) atoms. The molecule has 0 unspecified atom stereocenters. The second-order valence-electron chi connectivity index (χ2n) is 4.29. The fraction of sp³-hybridized carbons (Fsp3) is 0.462. The minimum absolute atomic E-state index is 0.0990. The summed E-state index contributed by atoms with van der Waals surface area (Å²) in [5.41, 5.74) is 2.52. The quantitative estimate of drug-likeness (QED) is 0.875. The zero-order valence-electron chi connectivity index (χ0n) is 10.2. The summed E-state index contributed by atoms with van der Waals surface area (Å²) in [6.07, 6.45) is 1.16. The van der Waals surface area contributed by atoms with E-state index in [1.807, 2.05) is 12.1 Å². The molecule has 1 aliphatic heterocycles. The second-order valence-corrected chi connectivity index (χ2v) is 5.37. The van der Waals surface area contributed by atoms with E-state index in [-0.39, 0.29) is 5.82 Å². The van der Waals surface area contributed by atoms with E-state index in [0.717, 1.165) is 29.4 Å². The van der Waals surface area contributed by atoms with Gasteiger partial charge >= 0.3 is 0 Å². The Morgan fingerprint density at radius 1 is 1.35 bits per heavy atom.